The van der Waals surface area contributed by atoms with Gasteiger partial charge >= 0.3 is 0 Å². The van der Waals surface area contributed by atoms with Gasteiger partial charge in [0.25, 0.3) is 0 Å². The molecule has 31 heavy (non-hydrogen) atoms. The Bertz CT molecular complexity index is 1180. The molecule has 1 saturated heterocycles. The number of carbonyl (C=O) groups is 1. The van der Waals surface area contributed by atoms with E-state index in [1.807, 2.05) is 0 Å². The number of nitrogens with zero attached hydrogens (tertiary/aromatic N) is 1. The number of halogens is 1. The highest BCUT2D eigenvalue weighted by Crippen LogP contribution is 2.32. The number of piperidine rings is 1. The monoisotopic (exact) mass is 487 g/mol. The molecule has 2 aromatic rings. The van der Waals surface area contributed by atoms with Gasteiger partial charge in [0.15, 0.2) is 0 Å². The summed E-state index contributed by atoms with van der Waals surface area (Å²) >= 11 is 5.98. The maximum absolute atomic E-state index is 13.2. The van der Waals surface area contributed by atoms with Crippen LogP contribution in [0.15, 0.2) is 52.3 Å². The summed E-state index contributed by atoms with van der Waals surface area (Å²) in [4.78, 5) is 12.6. The molecule has 0 radical (unpaired) electrons. The molecule has 2 aromatic carbocycles. The van der Waals surface area contributed by atoms with Gasteiger partial charge in [-0.1, -0.05) is 11.6 Å². The number of rotatable bonds is 6. The van der Waals surface area contributed by atoms with Gasteiger partial charge in [-0.3, -0.25) is 4.79 Å². The number of anilines is 1. The maximum atomic E-state index is 13.2. The third-order valence-electron chi connectivity index (χ3n) is 4.95. The van der Waals surface area contributed by atoms with Crippen LogP contribution in [-0.4, -0.2) is 47.2 Å². The molecule has 168 valence electrons. The highest BCUT2D eigenvalue weighted by Gasteiger charge is 2.35. The molecule has 1 fully saturated rings. The largest absolute Gasteiger partial charge is 0.495 e. The zero-order valence-corrected chi connectivity index (χ0v) is 19.0. The first-order valence-corrected chi connectivity index (χ1v) is 12.7. The Morgan fingerprint density at radius 1 is 1.16 bits per heavy atom. The van der Waals surface area contributed by atoms with E-state index in [2.05, 4.69) is 5.32 Å². The van der Waals surface area contributed by atoms with Crippen LogP contribution >= 0.6 is 11.6 Å². The van der Waals surface area contributed by atoms with Crippen molar-refractivity contribution in [3.05, 3.63) is 47.5 Å². The number of methoxy groups -OCH3 is 1. The highest BCUT2D eigenvalue weighted by molar-refractivity contribution is 7.89. The second kappa shape index (κ2) is 9.13. The number of primary sulfonamides is 1. The van der Waals surface area contributed by atoms with E-state index >= 15 is 0 Å². The van der Waals surface area contributed by atoms with E-state index in [1.165, 1.54) is 53.9 Å². The standard InChI is InChI=1S/C19H22ClN3O6S2/c1-29-17-9-4-14(20)11-18(17)31(27,28)23-10-2-3-13(12-23)19(24)22-15-5-7-16(8-6-15)30(21,25)26/h4-9,11,13H,2-3,10,12H2,1H3,(H,22,24)(H2,21,25,26)/t13-/m1/s1. The van der Waals surface area contributed by atoms with Gasteiger partial charge in [0.1, 0.15) is 10.6 Å². The van der Waals surface area contributed by atoms with Crippen LogP contribution < -0.4 is 15.2 Å². The molecule has 1 heterocycles. The van der Waals surface area contributed by atoms with Crippen LogP contribution in [0.1, 0.15) is 12.8 Å². The topological polar surface area (TPSA) is 136 Å². The lowest BCUT2D eigenvalue weighted by Gasteiger charge is -2.31. The van der Waals surface area contributed by atoms with Gasteiger partial charge in [0, 0.05) is 23.8 Å². The lowest BCUT2D eigenvalue weighted by Crippen LogP contribution is -2.43. The minimum atomic E-state index is -3.93. The Labute approximate surface area is 186 Å². The van der Waals surface area contributed by atoms with E-state index < -0.39 is 26.0 Å². The van der Waals surface area contributed by atoms with Crippen LogP contribution in [0.25, 0.3) is 0 Å². The van der Waals surface area contributed by atoms with Crippen molar-refractivity contribution in [2.24, 2.45) is 11.1 Å². The van der Waals surface area contributed by atoms with Crippen LogP contribution in [-0.2, 0) is 24.8 Å². The van der Waals surface area contributed by atoms with Gasteiger partial charge in [0.05, 0.1) is 17.9 Å². The van der Waals surface area contributed by atoms with Crippen LogP contribution in [0.4, 0.5) is 5.69 Å². The highest BCUT2D eigenvalue weighted by atomic mass is 35.5. The number of amides is 1. The number of hydrogen-bond donors (Lipinski definition) is 2. The van der Waals surface area contributed by atoms with Crippen LogP contribution in [0.2, 0.25) is 5.02 Å². The lowest BCUT2D eigenvalue weighted by atomic mass is 9.99. The number of carbonyl (C=O) groups excluding carboxylic acids is 1. The molecular weight excluding hydrogens is 466 g/mol. The number of sulfonamides is 2. The third kappa shape index (κ3) is 5.36. The van der Waals surface area contributed by atoms with E-state index in [9.17, 15) is 21.6 Å². The third-order valence-corrected chi connectivity index (χ3v) is 8.00. The van der Waals surface area contributed by atoms with Gasteiger partial charge in [-0.05, 0) is 55.3 Å². The summed E-state index contributed by atoms with van der Waals surface area (Å²) in [5.74, 6) is -0.765. The van der Waals surface area contributed by atoms with Gasteiger partial charge < -0.3 is 10.1 Å². The quantitative estimate of drug-likeness (QED) is 0.639. The molecule has 1 aliphatic rings. The van der Waals surface area contributed by atoms with Gasteiger partial charge in [0.2, 0.25) is 26.0 Å². The Morgan fingerprint density at radius 3 is 2.45 bits per heavy atom. The van der Waals surface area contributed by atoms with E-state index in [-0.39, 0.29) is 39.6 Å². The molecule has 3 rings (SSSR count). The SMILES string of the molecule is COc1ccc(Cl)cc1S(=O)(=O)N1CCC[C@@H](C(=O)Nc2ccc(S(N)(=O)=O)cc2)C1. The van der Waals surface area contributed by atoms with Crippen molar-refractivity contribution in [3.63, 3.8) is 0 Å². The molecule has 0 unspecified atom stereocenters. The normalized spacial score (nSPS) is 17.8. The first-order chi connectivity index (χ1) is 14.5. The molecule has 1 atom stereocenters. The predicted molar refractivity (Wildman–Crippen MR) is 116 cm³/mol. The second-order valence-electron chi connectivity index (χ2n) is 7.06. The maximum Gasteiger partial charge on any atom is 0.246 e. The first kappa shape index (κ1) is 23.5. The summed E-state index contributed by atoms with van der Waals surface area (Å²) in [5.41, 5.74) is 0.383. The lowest BCUT2D eigenvalue weighted by molar-refractivity contribution is -0.120. The van der Waals surface area contributed by atoms with Crippen LogP contribution in [0, 0.1) is 5.92 Å². The van der Waals surface area contributed by atoms with Crippen molar-refractivity contribution in [2.75, 3.05) is 25.5 Å². The number of hydrogen-bond acceptors (Lipinski definition) is 6. The van der Waals surface area contributed by atoms with Crippen molar-refractivity contribution in [3.8, 4) is 5.75 Å². The summed E-state index contributed by atoms with van der Waals surface area (Å²) in [7, 11) is -6.39. The van der Waals surface area contributed by atoms with Gasteiger partial charge in [-0.25, -0.2) is 22.0 Å². The van der Waals surface area contributed by atoms with Crippen molar-refractivity contribution in [1.29, 1.82) is 0 Å². The molecule has 0 aliphatic carbocycles. The van der Waals surface area contributed by atoms with Crippen molar-refractivity contribution < 1.29 is 26.4 Å². The van der Waals surface area contributed by atoms with E-state index in [4.69, 9.17) is 21.5 Å². The molecule has 0 bridgehead atoms. The number of benzene rings is 2. The van der Waals surface area contributed by atoms with Crippen molar-refractivity contribution in [1.82, 2.24) is 4.31 Å². The van der Waals surface area contributed by atoms with Gasteiger partial charge in [-0.15, -0.1) is 0 Å². The Kier molecular flexibility index (Phi) is 6.92. The summed E-state index contributed by atoms with van der Waals surface area (Å²) in [6.07, 6.45) is 1.02. The molecule has 1 aliphatic heterocycles. The molecule has 1 amide bonds. The van der Waals surface area contributed by atoms with Crippen molar-refractivity contribution >= 4 is 43.2 Å². The van der Waals surface area contributed by atoms with E-state index in [0.29, 0.717) is 18.5 Å². The molecule has 0 saturated carbocycles. The van der Waals surface area contributed by atoms with E-state index in [1.54, 1.807) is 0 Å². The Balaban J connectivity index is 1.75. The summed E-state index contributed by atoms with van der Waals surface area (Å²) in [6.45, 7) is 0.268. The number of nitrogens with one attached hydrogen (secondary N) is 1. The minimum Gasteiger partial charge on any atom is -0.495 e. The van der Waals surface area contributed by atoms with Gasteiger partial charge in [-0.2, -0.15) is 4.31 Å². The first-order valence-electron chi connectivity index (χ1n) is 9.30. The van der Waals surface area contributed by atoms with E-state index in [0.717, 1.165) is 0 Å². The minimum absolute atomic E-state index is 0.000896. The zero-order valence-electron chi connectivity index (χ0n) is 16.6. The molecule has 0 aromatic heterocycles. The average molecular weight is 488 g/mol. The smallest absolute Gasteiger partial charge is 0.246 e. The summed E-state index contributed by atoms with van der Waals surface area (Å²) in [5, 5.41) is 8.01. The molecule has 0 spiro atoms. The Morgan fingerprint density at radius 2 is 1.84 bits per heavy atom. The molecule has 9 nitrogen and oxygen atoms in total. The summed E-state index contributed by atoms with van der Waals surface area (Å²) in [6, 6.07) is 9.76. The van der Waals surface area contributed by atoms with Crippen LogP contribution in [0.5, 0.6) is 5.75 Å². The van der Waals surface area contributed by atoms with Crippen LogP contribution in [0.3, 0.4) is 0 Å². The average Bonchev–Trinajstić information content (AvgIpc) is 2.73. The molecule has 3 N–H and O–H groups in total. The summed E-state index contributed by atoms with van der Waals surface area (Å²) < 4.78 is 55.4. The second-order valence-corrected chi connectivity index (χ2v) is 11.0. The predicted octanol–water partition coefficient (Wildman–Crippen LogP) is 2.04. The Hall–Kier alpha value is -2.18. The number of ether oxygens (including phenoxy) is 1. The fraction of sp³-hybridized carbons (Fsp3) is 0.316. The molecule has 12 heteroatoms. The van der Waals surface area contributed by atoms with Crippen molar-refractivity contribution in [2.45, 2.75) is 22.6 Å². The number of nitrogens with two attached hydrogens (primary N) is 1. The molecular formula is C19H22ClN3O6S2. The zero-order chi connectivity index (χ0) is 22.8. The fourth-order valence-corrected chi connectivity index (χ4v) is 5.80. The fourth-order valence-electron chi connectivity index (χ4n) is 3.34.